The van der Waals surface area contributed by atoms with E-state index < -0.39 is 0 Å². The molecule has 1 heterocycles. The number of aliphatic imine (C=N–C) groups is 1. The van der Waals surface area contributed by atoms with Crippen molar-refractivity contribution in [1.82, 2.24) is 15.5 Å². The molecule has 0 saturated carbocycles. The molecular weight excluding hydrogens is 497 g/mol. The molecule has 0 atom stereocenters. The molecule has 9 heteroatoms. The minimum atomic E-state index is -0.364. The second kappa shape index (κ2) is 15.4. The third-order valence-corrected chi connectivity index (χ3v) is 5.31. The predicted octanol–water partition coefficient (Wildman–Crippen LogP) is 3.20. The van der Waals surface area contributed by atoms with Gasteiger partial charge in [-0.3, -0.25) is 15.1 Å². The normalized spacial score (nSPS) is 15.5. The number of piperidine rings is 1. The predicted molar refractivity (Wildman–Crippen MR) is 132 cm³/mol. The van der Waals surface area contributed by atoms with Crippen LogP contribution in [-0.2, 0) is 11.2 Å². The highest BCUT2D eigenvalue weighted by atomic mass is 127. The number of aryl methyl sites for hydroxylation is 1. The van der Waals surface area contributed by atoms with E-state index in [1.54, 1.807) is 19.2 Å². The number of nitrogens with one attached hydrogen (secondary N) is 2. The molecule has 8 nitrogen and oxygen atoms in total. The van der Waals surface area contributed by atoms with Crippen LogP contribution in [0.1, 0.15) is 37.7 Å². The Labute approximate surface area is 197 Å². The molecule has 0 spiro atoms. The zero-order chi connectivity index (χ0) is 20.9. The van der Waals surface area contributed by atoms with Gasteiger partial charge in [0.15, 0.2) is 5.96 Å². The van der Waals surface area contributed by atoms with E-state index >= 15 is 0 Å². The number of non-ortho nitro benzene ring substituents is 1. The molecular formula is C21H36IN5O3. The van der Waals surface area contributed by atoms with Crippen molar-refractivity contribution in [1.29, 1.82) is 0 Å². The van der Waals surface area contributed by atoms with Gasteiger partial charge in [0, 0.05) is 65.1 Å². The van der Waals surface area contributed by atoms with Crippen molar-refractivity contribution in [3.05, 3.63) is 39.9 Å². The average molecular weight is 533 g/mol. The fraction of sp³-hybridized carbons (Fsp3) is 0.667. The summed E-state index contributed by atoms with van der Waals surface area (Å²) in [7, 11) is 3.57. The summed E-state index contributed by atoms with van der Waals surface area (Å²) in [6.45, 7) is 5.05. The van der Waals surface area contributed by atoms with Crippen molar-refractivity contribution >= 4 is 35.6 Å². The van der Waals surface area contributed by atoms with Crippen LogP contribution in [0.2, 0.25) is 0 Å². The molecule has 1 aromatic rings. The van der Waals surface area contributed by atoms with E-state index in [1.165, 1.54) is 0 Å². The van der Waals surface area contributed by atoms with E-state index in [4.69, 9.17) is 4.74 Å². The van der Waals surface area contributed by atoms with Crippen LogP contribution in [0, 0.1) is 10.1 Å². The summed E-state index contributed by atoms with van der Waals surface area (Å²) < 4.78 is 5.13. The first-order chi connectivity index (χ1) is 14.1. The third kappa shape index (κ3) is 10.0. The Balaban J connectivity index is 0.00000450. The van der Waals surface area contributed by atoms with Crippen LogP contribution in [0.4, 0.5) is 5.69 Å². The Morgan fingerprint density at radius 2 is 1.93 bits per heavy atom. The SMILES string of the molecule is CN=C(NCCCCc1ccc([N+](=O)[O-])cc1)NC1CCN(CCCOC)CC1.I. The number of rotatable bonds is 11. The number of likely N-dealkylation sites (tertiary alicyclic amines) is 1. The highest BCUT2D eigenvalue weighted by molar-refractivity contribution is 14.0. The van der Waals surface area contributed by atoms with E-state index in [1.807, 2.05) is 19.2 Å². The quantitative estimate of drug-likeness (QED) is 0.113. The van der Waals surface area contributed by atoms with Crippen LogP contribution in [0.5, 0.6) is 0 Å². The van der Waals surface area contributed by atoms with Gasteiger partial charge in [0.1, 0.15) is 0 Å². The smallest absolute Gasteiger partial charge is 0.269 e. The number of hydrogen-bond donors (Lipinski definition) is 2. The number of hydrogen-bond acceptors (Lipinski definition) is 5. The van der Waals surface area contributed by atoms with E-state index in [2.05, 4.69) is 20.5 Å². The molecule has 0 radical (unpaired) electrons. The van der Waals surface area contributed by atoms with Crippen molar-refractivity contribution in [3.8, 4) is 0 Å². The minimum absolute atomic E-state index is 0. The van der Waals surface area contributed by atoms with Gasteiger partial charge >= 0.3 is 0 Å². The number of ether oxygens (including phenoxy) is 1. The number of nitro benzene ring substituents is 1. The molecule has 170 valence electrons. The Morgan fingerprint density at radius 1 is 1.23 bits per heavy atom. The number of methoxy groups -OCH3 is 1. The molecule has 1 saturated heterocycles. The maximum absolute atomic E-state index is 10.7. The van der Waals surface area contributed by atoms with Gasteiger partial charge in [0.05, 0.1) is 4.92 Å². The molecule has 1 aliphatic rings. The summed E-state index contributed by atoms with van der Waals surface area (Å²) in [6.07, 6.45) is 6.34. The lowest BCUT2D eigenvalue weighted by molar-refractivity contribution is -0.384. The highest BCUT2D eigenvalue weighted by Crippen LogP contribution is 2.13. The van der Waals surface area contributed by atoms with Gasteiger partial charge in [-0.25, -0.2) is 0 Å². The monoisotopic (exact) mass is 533 g/mol. The topological polar surface area (TPSA) is 92.0 Å². The van der Waals surface area contributed by atoms with Crippen LogP contribution in [0.3, 0.4) is 0 Å². The number of nitrogens with zero attached hydrogens (tertiary/aromatic N) is 3. The fourth-order valence-corrected chi connectivity index (χ4v) is 3.57. The van der Waals surface area contributed by atoms with Gasteiger partial charge in [-0.15, -0.1) is 24.0 Å². The summed E-state index contributed by atoms with van der Waals surface area (Å²) in [5.74, 6) is 0.873. The number of unbranched alkanes of at least 4 members (excludes halogenated alkanes) is 1. The molecule has 1 fully saturated rings. The molecule has 0 aliphatic carbocycles. The molecule has 0 aromatic heterocycles. The minimum Gasteiger partial charge on any atom is -0.385 e. The van der Waals surface area contributed by atoms with Crippen LogP contribution in [0.25, 0.3) is 0 Å². The first kappa shape index (κ1) is 26.6. The van der Waals surface area contributed by atoms with Crippen LogP contribution in [0.15, 0.2) is 29.3 Å². The number of guanidine groups is 1. The lowest BCUT2D eigenvalue weighted by Gasteiger charge is -2.33. The van der Waals surface area contributed by atoms with Crippen molar-refractivity contribution in [3.63, 3.8) is 0 Å². The van der Waals surface area contributed by atoms with E-state index in [-0.39, 0.29) is 34.6 Å². The Morgan fingerprint density at radius 3 is 2.53 bits per heavy atom. The number of benzene rings is 1. The highest BCUT2D eigenvalue weighted by Gasteiger charge is 2.19. The molecule has 2 N–H and O–H groups in total. The van der Waals surface area contributed by atoms with Gasteiger partial charge in [-0.1, -0.05) is 12.1 Å². The van der Waals surface area contributed by atoms with Crippen LogP contribution >= 0.6 is 24.0 Å². The molecule has 30 heavy (non-hydrogen) atoms. The molecule has 0 unspecified atom stereocenters. The lowest BCUT2D eigenvalue weighted by Crippen LogP contribution is -2.49. The standard InChI is InChI=1S/C21H35N5O3.HI/c1-22-21(24-19-11-15-25(16-12-19)14-5-17-29-2)23-13-4-3-6-18-7-9-20(10-8-18)26(27)28;/h7-10,19H,3-6,11-17H2,1-2H3,(H2,22,23,24);1H. The van der Waals surface area contributed by atoms with Gasteiger partial charge in [0.2, 0.25) is 0 Å². The van der Waals surface area contributed by atoms with Crippen LogP contribution in [-0.4, -0.2) is 68.8 Å². The molecule has 1 aliphatic heterocycles. The molecule has 0 bridgehead atoms. The number of nitro groups is 1. The first-order valence-electron chi connectivity index (χ1n) is 10.5. The Kier molecular flexibility index (Phi) is 13.6. The summed E-state index contributed by atoms with van der Waals surface area (Å²) >= 11 is 0. The first-order valence-corrected chi connectivity index (χ1v) is 10.5. The van der Waals surface area contributed by atoms with Gasteiger partial charge in [-0.2, -0.15) is 0 Å². The summed E-state index contributed by atoms with van der Waals surface area (Å²) in [5.41, 5.74) is 1.28. The van der Waals surface area contributed by atoms with Crippen LogP contribution < -0.4 is 10.6 Å². The second-order valence-corrected chi connectivity index (χ2v) is 7.49. The lowest BCUT2D eigenvalue weighted by atomic mass is 10.1. The van der Waals surface area contributed by atoms with Crippen molar-refractivity contribution in [2.45, 2.75) is 44.6 Å². The summed E-state index contributed by atoms with van der Waals surface area (Å²) in [6, 6.07) is 7.30. The Hall–Kier alpha value is -1.46. The van der Waals surface area contributed by atoms with Crippen molar-refractivity contribution in [2.24, 2.45) is 4.99 Å². The maximum Gasteiger partial charge on any atom is 0.269 e. The van der Waals surface area contributed by atoms with E-state index in [0.717, 1.165) is 82.8 Å². The zero-order valence-corrected chi connectivity index (χ0v) is 20.5. The zero-order valence-electron chi connectivity index (χ0n) is 18.1. The second-order valence-electron chi connectivity index (χ2n) is 7.49. The third-order valence-electron chi connectivity index (χ3n) is 5.31. The van der Waals surface area contributed by atoms with Gasteiger partial charge < -0.3 is 20.3 Å². The van der Waals surface area contributed by atoms with Crippen molar-refractivity contribution < 1.29 is 9.66 Å². The fourth-order valence-electron chi connectivity index (χ4n) is 3.57. The summed E-state index contributed by atoms with van der Waals surface area (Å²) in [4.78, 5) is 17.2. The van der Waals surface area contributed by atoms with Gasteiger partial charge in [-0.05, 0) is 44.1 Å². The van der Waals surface area contributed by atoms with E-state index in [0.29, 0.717) is 6.04 Å². The molecule has 2 rings (SSSR count). The van der Waals surface area contributed by atoms with E-state index in [9.17, 15) is 10.1 Å². The summed E-state index contributed by atoms with van der Waals surface area (Å²) in [5, 5.41) is 17.6. The Bertz CT molecular complexity index is 634. The average Bonchev–Trinajstić information content (AvgIpc) is 2.74. The largest absolute Gasteiger partial charge is 0.385 e. The number of halogens is 1. The molecule has 1 aromatic carbocycles. The van der Waals surface area contributed by atoms with Crippen molar-refractivity contribution in [2.75, 3.05) is 46.9 Å². The molecule has 0 amide bonds. The maximum atomic E-state index is 10.7. The van der Waals surface area contributed by atoms with Gasteiger partial charge in [0.25, 0.3) is 5.69 Å².